The Morgan fingerprint density at radius 3 is 2.61 bits per heavy atom. The number of fused-ring (bicyclic) bond motifs is 4. The van der Waals surface area contributed by atoms with Crippen LogP contribution in [0.1, 0.15) is 18.1 Å². The number of likely N-dealkylation sites (tertiary alicyclic amines) is 1. The van der Waals surface area contributed by atoms with E-state index < -0.39 is 17.4 Å². The summed E-state index contributed by atoms with van der Waals surface area (Å²) in [6, 6.07) is 14.9. The topological polar surface area (TPSA) is 83.1 Å². The van der Waals surface area contributed by atoms with Crippen molar-refractivity contribution in [2.75, 3.05) is 5.32 Å². The Kier molecular flexibility index (Phi) is 3.76. The van der Waals surface area contributed by atoms with Crippen LogP contribution in [0.2, 0.25) is 0 Å². The molecule has 0 aliphatic carbocycles. The molecule has 6 nitrogen and oxygen atoms in total. The zero-order chi connectivity index (χ0) is 19.6. The molecule has 2 fully saturated rings. The third kappa shape index (κ3) is 2.20. The second-order valence-electron chi connectivity index (χ2n) is 7.79. The maximum atomic E-state index is 13.4. The molecule has 28 heavy (non-hydrogen) atoms. The summed E-state index contributed by atoms with van der Waals surface area (Å²) in [5, 5.41) is 4.83. The molecule has 4 atom stereocenters. The Bertz CT molecular complexity index is 1020. The zero-order valence-electron chi connectivity index (χ0n) is 15.2. The van der Waals surface area contributed by atoms with Crippen LogP contribution in [0.25, 0.3) is 0 Å². The molecular formula is C21H19BrN3O3+. The van der Waals surface area contributed by atoms with Crippen molar-refractivity contribution in [3.8, 4) is 0 Å². The van der Waals surface area contributed by atoms with Gasteiger partial charge in [-0.3, -0.25) is 19.3 Å². The van der Waals surface area contributed by atoms with Gasteiger partial charge >= 0.3 is 0 Å². The summed E-state index contributed by atoms with van der Waals surface area (Å²) in [7, 11) is 0. The summed E-state index contributed by atoms with van der Waals surface area (Å²) in [6.07, 6.45) is 0. The van der Waals surface area contributed by atoms with E-state index in [0.717, 1.165) is 15.6 Å². The van der Waals surface area contributed by atoms with Crippen molar-refractivity contribution < 1.29 is 19.7 Å². The standard InChI is InChI=1S/C21H18BrN3O3/c1-11-16-17(19(27)25(18(16)26)10-12-5-3-2-4-6-12)21(24-11)14-9-13(22)7-8-15(14)23-20(21)28/h2-9,11,16-17,24H,10H2,1H3,(H,23,28)/p+1. The smallest absolute Gasteiger partial charge is 0.291 e. The molecule has 2 saturated heterocycles. The highest BCUT2D eigenvalue weighted by atomic mass is 79.9. The van der Waals surface area contributed by atoms with Crippen LogP contribution in [0.5, 0.6) is 0 Å². The number of imide groups is 1. The molecule has 5 rings (SSSR count). The normalized spacial score (nSPS) is 30.7. The van der Waals surface area contributed by atoms with Crippen LogP contribution in [0, 0.1) is 11.8 Å². The number of nitrogens with one attached hydrogen (secondary N) is 1. The van der Waals surface area contributed by atoms with E-state index in [1.165, 1.54) is 4.90 Å². The fraction of sp³-hybridized carbons (Fsp3) is 0.286. The van der Waals surface area contributed by atoms with E-state index >= 15 is 0 Å². The Hall–Kier alpha value is -2.51. The van der Waals surface area contributed by atoms with Gasteiger partial charge in [-0.1, -0.05) is 46.3 Å². The Morgan fingerprint density at radius 2 is 1.86 bits per heavy atom. The summed E-state index contributed by atoms with van der Waals surface area (Å²) < 4.78 is 0.838. The highest BCUT2D eigenvalue weighted by molar-refractivity contribution is 9.10. The lowest BCUT2D eigenvalue weighted by molar-refractivity contribution is -0.730. The Morgan fingerprint density at radius 1 is 1.11 bits per heavy atom. The summed E-state index contributed by atoms with van der Waals surface area (Å²) in [5.41, 5.74) is 1.28. The van der Waals surface area contributed by atoms with Crippen LogP contribution >= 0.6 is 15.9 Å². The Balaban J connectivity index is 1.60. The molecule has 3 aliphatic rings. The summed E-state index contributed by atoms with van der Waals surface area (Å²) >= 11 is 3.47. The maximum absolute atomic E-state index is 13.4. The maximum Gasteiger partial charge on any atom is 0.291 e. The molecule has 2 aromatic rings. The predicted octanol–water partition coefficient (Wildman–Crippen LogP) is 1.36. The molecule has 3 aliphatic heterocycles. The number of nitrogens with zero attached hydrogens (tertiary/aromatic N) is 1. The predicted molar refractivity (Wildman–Crippen MR) is 105 cm³/mol. The lowest BCUT2D eigenvalue weighted by Crippen LogP contribution is -2.98. The molecule has 142 valence electrons. The van der Waals surface area contributed by atoms with Crippen molar-refractivity contribution in [1.29, 1.82) is 0 Å². The van der Waals surface area contributed by atoms with Crippen LogP contribution in [-0.2, 0) is 26.5 Å². The Labute approximate surface area is 170 Å². The van der Waals surface area contributed by atoms with Crippen molar-refractivity contribution in [2.45, 2.75) is 25.0 Å². The molecule has 3 amide bonds. The first kappa shape index (κ1) is 17.6. The van der Waals surface area contributed by atoms with Gasteiger partial charge in [0.25, 0.3) is 5.91 Å². The van der Waals surface area contributed by atoms with Crippen LogP contribution in [-0.4, -0.2) is 28.7 Å². The highest BCUT2D eigenvalue weighted by Crippen LogP contribution is 2.49. The van der Waals surface area contributed by atoms with Crippen LogP contribution < -0.4 is 10.6 Å². The zero-order valence-corrected chi connectivity index (χ0v) is 16.8. The van der Waals surface area contributed by atoms with Gasteiger partial charge in [0, 0.05) is 10.0 Å². The van der Waals surface area contributed by atoms with Gasteiger partial charge in [0.05, 0.1) is 18.3 Å². The van der Waals surface area contributed by atoms with Crippen LogP contribution in [0.3, 0.4) is 0 Å². The molecule has 3 heterocycles. The molecule has 1 spiro atoms. The van der Waals surface area contributed by atoms with Gasteiger partial charge in [0.15, 0.2) is 0 Å². The molecule has 4 unspecified atom stereocenters. The SMILES string of the molecule is CC1[NH2+]C2(C(=O)Nc3ccc(Br)cc32)C2C(=O)N(Cc3ccccc3)C(=O)C12. The summed E-state index contributed by atoms with van der Waals surface area (Å²) in [5.74, 6) is -1.87. The number of hydrogen-bond acceptors (Lipinski definition) is 3. The van der Waals surface area contributed by atoms with Gasteiger partial charge in [-0.05, 0) is 30.7 Å². The van der Waals surface area contributed by atoms with E-state index in [4.69, 9.17) is 0 Å². The van der Waals surface area contributed by atoms with E-state index in [9.17, 15) is 14.4 Å². The molecule has 2 aromatic carbocycles. The number of halogens is 1. The van der Waals surface area contributed by atoms with Gasteiger partial charge in [0.2, 0.25) is 17.4 Å². The van der Waals surface area contributed by atoms with Gasteiger partial charge < -0.3 is 10.6 Å². The number of carbonyl (C=O) groups is 3. The van der Waals surface area contributed by atoms with Gasteiger partial charge in [-0.25, -0.2) is 0 Å². The fourth-order valence-corrected chi connectivity index (χ4v) is 5.45. The molecule has 0 aromatic heterocycles. The lowest BCUT2D eigenvalue weighted by Gasteiger charge is -2.26. The first-order valence-corrected chi connectivity index (χ1v) is 10.1. The largest absolute Gasteiger partial charge is 0.326 e. The first-order chi connectivity index (χ1) is 13.4. The molecule has 3 N–H and O–H groups in total. The summed E-state index contributed by atoms with van der Waals surface area (Å²) in [4.78, 5) is 41.1. The van der Waals surface area contributed by atoms with Crippen molar-refractivity contribution in [2.24, 2.45) is 11.8 Å². The minimum atomic E-state index is -1.10. The third-order valence-electron chi connectivity index (χ3n) is 6.26. The third-order valence-corrected chi connectivity index (χ3v) is 6.75. The van der Waals surface area contributed by atoms with E-state index in [-0.39, 0.29) is 30.3 Å². The molecule has 0 bridgehead atoms. The minimum Gasteiger partial charge on any atom is -0.326 e. The number of amides is 3. The van der Waals surface area contributed by atoms with Gasteiger partial charge in [-0.2, -0.15) is 0 Å². The number of anilines is 1. The van der Waals surface area contributed by atoms with E-state index in [2.05, 4.69) is 21.2 Å². The van der Waals surface area contributed by atoms with Crippen LogP contribution in [0.15, 0.2) is 53.0 Å². The number of rotatable bonds is 2. The van der Waals surface area contributed by atoms with Crippen molar-refractivity contribution in [1.82, 2.24) is 4.90 Å². The number of quaternary nitrogens is 1. The average Bonchev–Trinajstić information content (AvgIpc) is 3.23. The van der Waals surface area contributed by atoms with Crippen molar-refractivity contribution in [3.05, 3.63) is 64.1 Å². The quantitative estimate of drug-likeness (QED) is 0.691. The first-order valence-electron chi connectivity index (χ1n) is 9.30. The number of nitrogens with two attached hydrogens (primary N) is 1. The average molecular weight is 441 g/mol. The van der Waals surface area contributed by atoms with E-state index in [1.807, 2.05) is 60.8 Å². The van der Waals surface area contributed by atoms with Crippen molar-refractivity contribution >= 4 is 39.3 Å². The summed E-state index contributed by atoms with van der Waals surface area (Å²) in [6.45, 7) is 2.16. The second kappa shape index (κ2) is 5.99. The van der Waals surface area contributed by atoms with Crippen molar-refractivity contribution in [3.63, 3.8) is 0 Å². The van der Waals surface area contributed by atoms with Gasteiger partial charge in [0.1, 0.15) is 11.8 Å². The molecular weight excluding hydrogens is 422 g/mol. The molecule has 0 radical (unpaired) electrons. The van der Waals surface area contributed by atoms with E-state index in [1.54, 1.807) is 0 Å². The van der Waals surface area contributed by atoms with Crippen LogP contribution in [0.4, 0.5) is 5.69 Å². The second-order valence-corrected chi connectivity index (χ2v) is 8.71. The molecule has 7 heteroatoms. The number of carbonyl (C=O) groups excluding carboxylic acids is 3. The number of benzene rings is 2. The van der Waals surface area contributed by atoms with E-state index in [0.29, 0.717) is 5.69 Å². The number of hydrogen-bond donors (Lipinski definition) is 2. The monoisotopic (exact) mass is 440 g/mol. The van der Waals surface area contributed by atoms with Gasteiger partial charge in [-0.15, -0.1) is 0 Å². The highest BCUT2D eigenvalue weighted by Gasteiger charge is 2.73. The minimum absolute atomic E-state index is 0.169. The fourth-order valence-electron chi connectivity index (χ4n) is 5.09. The lowest BCUT2D eigenvalue weighted by atomic mass is 9.76. The molecule has 0 saturated carbocycles.